The van der Waals surface area contributed by atoms with Crippen LogP contribution in [0.5, 0.6) is 5.75 Å². The first-order chi connectivity index (χ1) is 7.24. The minimum absolute atomic E-state index is 0.379. The minimum atomic E-state index is 0.379. The van der Waals surface area contributed by atoms with E-state index in [0.717, 1.165) is 25.1 Å². The van der Waals surface area contributed by atoms with Crippen LogP contribution in [0, 0.1) is 6.92 Å². The summed E-state index contributed by atoms with van der Waals surface area (Å²) in [5.74, 6) is 1.000. The molecule has 2 unspecified atom stereocenters. The molecule has 82 valence electrons. The first-order valence-electron chi connectivity index (χ1n) is 5.71. The van der Waals surface area contributed by atoms with Gasteiger partial charge in [0.25, 0.3) is 0 Å². The van der Waals surface area contributed by atoms with Gasteiger partial charge in [0, 0.05) is 6.04 Å². The number of nitrogens with one attached hydrogen (secondary N) is 1. The Morgan fingerprint density at radius 3 is 2.67 bits per heavy atom. The second-order valence-electron chi connectivity index (χ2n) is 4.43. The zero-order chi connectivity index (χ0) is 10.7. The van der Waals surface area contributed by atoms with Crippen molar-refractivity contribution in [1.82, 2.24) is 5.32 Å². The Balaban J connectivity index is 1.93. The highest BCUT2D eigenvalue weighted by Crippen LogP contribution is 2.18. The van der Waals surface area contributed by atoms with Crippen LogP contribution in [0.4, 0.5) is 0 Å². The molecule has 0 saturated carbocycles. The van der Waals surface area contributed by atoms with Crippen LogP contribution in [0.15, 0.2) is 24.3 Å². The summed E-state index contributed by atoms with van der Waals surface area (Å²) in [7, 11) is 0. The molecule has 1 aromatic carbocycles. The van der Waals surface area contributed by atoms with Crippen LogP contribution in [-0.2, 0) is 0 Å². The Bertz CT molecular complexity index is 307. The fourth-order valence-corrected chi connectivity index (χ4v) is 2.00. The second kappa shape index (κ2) is 4.67. The standard InChI is InChI=1S/C13H19NO/c1-10-3-5-12(6-4-10)15-13-7-8-14-11(2)9-13/h3-6,11,13-14H,7-9H2,1-2H3. The van der Waals surface area contributed by atoms with Crippen molar-refractivity contribution in [3.63, 3.8) is 0 Å². The molecule has 1 aromatic rings. The number of aryl methyl sites for hydroxylation is 1. The lowest BCUT2D eigenvalue weighted by Crippen LogP contribution is -2.40. The van der Waals surface area contributed by atoms with Crippen molar-refractivity contribution in [3.8, 4) is 5.75 Å². The maximum absolute atomic E-state index is 5.94. The zero-order valence-corrected chi connectivity index (χ0v) is 9.49. The van der Waals surface area contributed by atoms with Gasteiger partial charge in [-0.25, -0.2) is 0 Å². The molecular formula is C13H19NO. The van der Waals surface area contributed by atoms with E-state index in [4.69, 9.17) is 4.74 Å². The average Bonchev–Trinajstić information content (AvgIpc) is 2.22. The summed E-state index contributed by atoms with van der Waals surface area (Å²) in [5, 5.41) is 3.43. The van der Waals surface area contributed by atoms with Gasteiger partial charge in [-0.2, -0.15) is 0 Å². The predicted molar refractivity (Wildman–Crippen MR) is 62.3 cm³/mol. The average molecular weight is 205 g/mol. The molecule has 1 saturated heterocycles. The van der Waals surface area contributed by atoms with Crippen molar-refractivity contribution < 1.29 is 4.74 Å². The van der Waals surface area contributed by atoms with Crippen LogP contribution in [0.2, 0.25) is 0 Å². The lowest BCUT2D eigenvalue weighted by Gasteiger charge is -2.28. The highest BCUT2D eigenvalue weighted by molar-refractivity contribution is 5.26. The lowest BCUT2D eigenvalue weighted by molar-refractivity contribution is 0.144. The molecule has 15 heavy (non-hydrogen) atoms. The molecule has 2 heteroatoms. The molecule has 2 rings (SSSR count). The van der Waals surface area contributed by atoms with E-state index in [1.807, 2.05) is 0 Å². The fourth-order valence-electron chi connectivity index (χ4n) is 2.00. The summed E-state index contributed by atoms with van der Waals surface area (Å²) in [6.45, 7) is 5.37. The summed E-state index contributed by atoms with van der Waals surface area (Å²) in [6, 6.07) is 8.89. The Hall–Kier alpha value is -1.02. The molecule has 0 aromatic heterocycles. The van der Waals surface area contributed by atoms with E-state index >= 15 is 0 Å². The van der Waals surface area contributed by atoms with Gasteiger partial charge in [0.05, 0.1) is 0 Å². The van der Waals surface area contributed by atoms with Crippen LogP contribution in [0.1, 0.15) is 25.3 Å². The molecule has 2 nitrogen and oxygen atoms in total. The van der Waals surface area contributed by atoms with Gasteiger partial charge in [-0.15, -0.1) is 0 Å². The van der Waals surface area contributed by atoms with Gasteiger partial charge in [0.1, 0.15) is 11.9 Å². The summed E-state index contributed by atoms with van der Waals surface area (Å²) >= 11 is 0. The molecule has 0 aliphatic carbocycles. The van der Waals surface area contributed by atoms with E-state index in [1.54, 1.807) is 0 Å². The van der Waals surface area contributed by atoms with E-state index in [-0.39, 0.29) is 0 Å². The third kappa shape index (κ3) is 2.96. The Kier molecular flexibility index (Phi) is 3.27. The number of ether oxygens (including phenoxy) is 1. The van der Waals surface area contributed by atoms with Crippen LogP contribution in [0.3, 0.4) is 0 Å². The highest BCUT2D eigenvalue weighted by atomic mass is 16.5. The topological polar surface area (TPSA) is 21.3 Å². The summed E-state index contributed by atoms with van der Waals surface area (Å²) in [6.07, 6.45) is 2.59. The van der Waals surface area contributed by atoms with Crippen molar-refractivity contribution in [3.05, 3.63) is 29.8 Å². The quantitative estimate of drug-likeness (QED) is 0.801. The van der Waals surface area contributed by atoms with Gasteiger partial charge < -0.3 is 10.1 Å². The van der Waals surface area contributed by atoms with Crippen LogP contribution >= 0.6 is 0 Å². The fraction of sp³-hybridized carbons (Fsp3) is 0.538. The van der Waals surface area contributed by atoms with Crippen LogP contribution in [0.25, 0.3) is 0 Å². The van der Waals surface area contributed by atoms with Gasteiger partial charge in [-0.1, -0.05) is 17.7 Å². The molecule has 0 amide bonds. The number of hydrogen-bond donors (Lipinski definition) is 1. The monoisotopic (exact) mass is 205 g/mol. The normalized spacial score (nSPS) is 26.3. The SMILES string of the molecule is Cc1ccc(OC2CCNC(C)C2)cc1. The third-order valence-corrected chi connectivity index (χ3v) is 2.90. The molecule has 0 spiro atoms. The van der Waals surface area contributed by atoms with E-state index in [9.17, 15) is 0 Å². The van der Waals surface area contributed by atoms with Gasteiger partial charge in [-0.3, -0.25) is 0 Å². The van der Waals surface area contributed by atoms with E-state index < -0.39 is 0 Å². The minimum Gasteiger partial charge on any atom is -0.490 e. The van der Waals surface area contributed by atoms with Crippen molar-refractivity contribution in [2.45, 2.75) is 38.8 Å². The number of hydrogen-bond acceptors (Lipinski definition) is 2. The molecule has 2 atom stereocenters. The molecule has 0 radical (unpaired) electrons. The molecule has 1 fully saturated rings. The van der Waals surface area contributed by atoms with Gasteiger partial charge in [-0.05, 0) is 45.4 Å². The number of benzene rings is 1. The molecule has 1 N–H and O–H groups in total. The van der Waals surface area contributed by atoms with Crippen molar-refractivity contribution in [1.29, 1.82) is 0 Å². The van der Waals surface area contributed by atoms with E-state index in [1.165, 1.54) is 5.56 Å². The maximum Gasteiger partial charge on any atom is 0.119 e. The Labute approximate surface area is 91.6 Å². The van der Waals surface area contributed by atoms with Crippen molar-refractivity contribution in [2.24, 2.45) is 0 Å². The lowest BCUT2D eigenvalue weighted by atomic mass is 10.0. The van der Waals surface area contributed by atoms with Gasteiger partial charge in [0.2, 0.25) is 0 Å². The zero-order valence-electron chi connectivity index (χ0n) is 9.49. The summed E-state index contributed by atoms with van der Waals surface area (Å²) < 4.78 is 5.94. The first kappa shape index (κ1) is 10.5. The smallest absolute Gasteiger partial charge is 0.119 e. The first-order valence-corrected chi connectivity index (χ1v) is 5.71. The largest absolute Gasteiger partial charge is 0.490 e. The summed E-state index contributed by atoms with van der Waals surface area (Å²) in [5.41, 5.74) is 1.28. The molecule has 0 bridgehead atoms. The highest BCUT2D eigenvalue weighted by Gasteiger charge is 2.19. The van der Waals surface area contributed by atoms with Crippen LogP contribution in [-0.4, -0.2) is 18.7 Å². The second-order valence-corrected chi connectivity index (χ2v) is 4.43. The number of rotatable bonds is 2. The van der Waals surface area contributed by atoms with E-state index in [2.05, 4.69) is 43.4 Å². The van der Waals surface area contributed by atoms with E-state index in [0.29, 0.717) is 12.1 Å². The third-order valence-electron chi connectivity index (χ3n) is 2.90. The molecule has 1 aliphatic heterocycles. The van der Waals surface area contributed by atoms with Crippen LogP contribution < -0.4 is 10.1 Å². The molecule has 1 heterocycles. The molecule has 1 aliphatic rings. The Morgan fingerprint density at radius 1 is 1.27 bits per heavy atom. The summed E-state index contributed by atoms with van der Waals surface area (Å²) in [4.78, 5) is 0. The van der Waals surface area contributed by atoms with Gasteiger partial charge >= 0.3 is 0 Å². The van der Waals surface area contributed by atoms with Crippen molar-refractivity contribution in [2.75, 3.05) is 6.54 Å². The molecular weight excluding hydrogens is 186 g/mol. The van der Waals surface area contributed by atoms with Gasteiger partial charge in [0.15, 0.2) is 0 Å². The van der Waals surface area contributed by atoms with Crippen molar-refractivity contribution >= 4 is 0 Å². The number of piperidine rings is 1. The maximum atomic E-state index is 5.94. The predicted octanol–water partition coefficient (Wildman–Crippen LogP) is 2.51. The Morgan fingerprint density at radius 2 is 2.00 bits per heavy atom.